The van der Waals surface area contributed by atoms with Crippen LogP contribution in [-0.4, -0.2) is 28.5 Å². The average molecular weight is 262 g/mol. The maximum Gasteiger partial charge on any atom is 0.317 e. The number of fused-ring (bicyclic) bond motifs is 1. The highest BCUT2D eigenvalue weighted by molar-refractivity contribution is 7.80. The van der Waals surface area contributed by atoms with Crippen molar-refractivity contribution in [2.24, 2.45) is 10.9 Å². The van der Waals surface area contributed by atoms with Crippen LogP contribution in [0.1, 0.15) is 11.6 Å². The first-order valence-corrected chi connectivity index (χ1v) is 5.89. The number of nitrogens with one attached hydrogen (secondary N) is 1. The van der Waals surface area contributed by atoms with Gasteiger partial charge in [-0.15, -0.1) is 0 Å². The second-order valence-corrected chi connectivity index (χ2v) is 4.60. The molecule has 0 bridgehead atoms. The highest BCUT2D eigenvalue weighted by Crippen LogP contribution is 2.32. The van der Waals surface area contributed by atoms with Gasteiger partial charge in [0.1, 0.15) is 18.3 Å². The van der Waals surface area contributed by atoms with E-state index in [0.717, 1.165) is 5.56 Å². The number of thiocarbonyl (C=S) groups is 1. The molecule has 0 aromatic heterocycles. The van der Waals surface area contributed by atoms with Gasteiger partial charge in [0.25, 0.3) is 0 Å². The summed E-state index contributed by atoms with van der Waals surface area (Å²) < 4.78 is 5.00. The van der Waals surface area contributed by atoms with Gasteiger partial charge in [0.15, 0.2) is 5.11 Å². The van der Waals surface area contributed by atoms with Crippen LogP contribution < -0.4 is 5.32 Å². The van der Waals surface area contributed by atoms with Crippen molar-refractivity contribution in [2.45, 2.75) is 6.04 Å². The maximum absolute atomic E-state index is 11.7. The number of aliphatic imine (C=N–C) groups is 1. The van der Waals surface area contributed by atoms with E-state index >= 15 is 0 Å². The third-order valence-electron chi connectivity index (χ3n) is 3.06. The molecule has 2 heterocycles. The van der Waals surface area contributed by atoms with Gasteiger partial charge in [-0.1, -0.05) is 12.1 Å². The van der Waals surface area contributed by atoms with Gasteiger partial charge >= 0.3 is 5.97 Å². The molecule has 0 amide bonds. The third kappa shape index (κ3) is 1.74. The molecular weight excluding hydrogens is 252 g/mol. The van der Waals surface area contributed by atoms with Crippen molar-refractivity contribution >= 4 is 29.0 Å². The maximum atomic E-state index is 11.7. The minimum Gasteiger partial charge on any atom is -0.508 e. The van der Waals surface area contributed by atoms with Crippen molar-refractivity contribution in [2.75, 3.05) is 6.61 Å². The second-order valence-electron chi connectivity index (χ2n) is 4.21. The molecule has 6 heteroatoms. The van der Waals surface area contributed by atoms with Crippen molar-refractivity contribution in [3.8, 4) is 5.75 Å². The summed E-state index contributed by atoms with van der Waals surface area (Å²) in [4.78, 5) is 15.9. The van der Waals surface area contributed by atoms with Crippen molar-refractivity contribution in [3.05, 3.63) is 29.8 Å². The molecule has 1 aromatic rings. The van der Waals surface area contributed by atoms with Crippen LogP contribution in [-0.2, 0) is 9.53 Å². The molecule has 2 atom stereocenters. The number of rotatable bonds is 1. The highest BCUT2D eigenvalue weighted by atomic mass is 32.1. The number of aromatic hydroxyl groups is 1. The van der Waals surface area contributed by atoms with E-state index in [2.05, 4.69) is 10.3 Å². The van der Waals surface area contributed by atoms with E-state index < -0.39 is 5.92 Å². The zero-order valence-electron chi connectivity index (χ0n) is 9.29. The van der Waals surface area contributed by atoms with Gasteiger partial charge in [0, 0.05) is 0 Å². The van der Waals surface area contributed by atoms with E-state index in [-0.39, 0.29) is 24.4 Å². The van der Waals surface area contributed by atoms with E-state index in [9.17, 15) is 9.90 Å². The Bertz CT molecular complexity index is 570. The molecule has 2 N–H and O–H groups in total. The molecule has 1 aromatic carbocycles. The fraction of sp³-hybridized carbons (Fsp3) is 0.250. The number of hydrogen-bond donors (Lipinski definition) is 2. The number of hydrogen-bond acceptors (Lipinski definition) is 4. The Labute approximate surface area is 108 Å². The van der Waals surface area contributed by atoms with Crippen LogP contribution in [0.2, 0.25) is 0 Å². The summed E-state index contributed by atoms with van der Waals surface area (Å²) in [6.45, 7) is 0.195. The van der Waals surface area contributed by atoms with Gasteiger partial charge in [0.05, 0.1) is 11.8 Å². The number of ether oxygens (including phenoxy) is 1. The number of cyclic esters (lactones) is 1. The largest absolute Gasteiger partial charge is 0.508 e. The molecule has 0 aliphatic carbocycles. The Morgan fingerprint density at radius 2 is 2.33 bits per heavy atom. The minimum atomic E-state index is -0.460. The zero-order valence-corrected chi connectivity index (χ0v) is 10.1. The van der Waals surface area contributed by atoms with Gasteiger partial charge in [-0.05, 0) is 29.9 Å². The monoisotopic (exact) mass is 262 g/mol. The second kappa shape index (κ2) is 4.06. The van der Waals surface area contributed by atoms with Crippen molar-refractivity contribution in [1.82, 2.24) is 5.32 Å². The molecule has 92 valence electrons. The Morgan fingerprint density at radius 1 is 1.50 bits per heavy atom. The van der Waals surface area contributed by atoms with Crippen LogP contribution in [0, 0.1) is 5.92 Å². The summed E-state index contributed by atoms with van der Waals surface area (Å²) in [5, 5.41) is 12.8. The van der Waals surface area contributed by atoms with Crippen LogP contribution in [0.25, 0.3) is 0 Å². The molecule has 1 fully saturated rings. The standard InChI is InChI=1S/C12H10N2O3S/c15-7-3-1-2-6(4-7)10-9-8(5-17-11(9)16)13-12(18)14-10/h1-4,9-10,15H,5H2,(H,14,18). The van der Waals surface area contributed by atoms with Gasteiger partial charge in [-0.3, -0.25) is 4.79 Å². The van der Waals surface area contributed by atoms with Crippen LogP contribution in [0.3, 0.4) is 0 Å². The van der Waals surface area contributed by atoms with Crippen LogP contribution >= 0.6 is 12.2 Å². The van der Waals surface area contributed by atoms with E-state index in [0.29, 0.717) is 10.8 Å². The van der Waals surface area contributed by atoms with E-state index in [1.54, 1.807) is 18.2 Å². The van der Waals surface area contributed by atoms with E-state index in [1.165, 1.54) is 0 Å². The van der Waals surface area contributed by atoms with Gasteiger partial charge in [-0.2, -0.15) is 0 Å². The minimum absolute atomic E-state index is 0.149. The van der Waals surface area contributed by atoms with Crippen molar-refractivity contribution < 1.29 is 14.6 Å². The topological polar surface area (TPSA) is 70.9 Å². The molecule has 2 unspecified atom stereocenters. The number of carbonyl (C=O) groups excluding carboxylic acids is 1. The van der Waals surface area contributed by atoms with Crippen LogP contribution in [0.5, 0.6) is 5.75 Å². The van der Waals surface area contributed by atoms with Gasteiger partial charge in [0.2, 0.25) is 0 Å². The average Bonchev–Trinajstić information content (AvgIpc) is 2.70. The van der Waals surface area contributed by atoms with Crippen molar-refractivity contribution in [3.63, 3.8) is 0 Å². The number of phenols is 1. The number of phenolic OH excluding ortho intramolecular Hbond substituents is 1. The van der Waals surface area contributed by atoms with Crippen molar-refractivity contribution in [1.29, 1.82) is 0 Å². The highest BCUT2D eigenvalue weighted by Gasteiger charge is 2.43. The molecule has 2 aliphatic rings. The zero-order chi connectivity index (χ0) is 12.7. The first-order valence-electron chi connectivity index (χ1n) is 5.48. The first kappa shape index (κ1) is 11.2. The Hall–Kier alpha value is -1.95. The summed E-state index contributed by atoms with van der Waals surface area (Å²) in [7, 11) is 0. The SMILES string of the molecule is O=C1OCC2=NC(=S)NC(c3cccc(O)c3)C12. The number of esters is 1. The normalized spacial score (nSPS) is 26.1. The smallest absolute Gasteiger partial charge is 0.317 e. The van der Waals surface area contributed by atoms with E-state index in [1.807, 2.05) is 6.07 Å². The summed E-state index contributed by atoms with van der Waals surface area (Å²) in [6, 6.07) is 6.41. The Morgan fingerprint density at radius 3 is 3.11 bits per heavy atom. The fourth-order valence-electron chi connectivity index (χ4n) is 2.26. The summed E-state index contributed by atoms with van der Waals surface area (Å²) in [6.07, 6.45) is 0. The molecule has 0 spiro atoms. The van der Waals surface area contributed by atoms with Crippen LogP contribution in [0.4, 0.5) is 0 Å². The number of carbonyl (C=O) groups is 1. The first-order chi connectivity index (χ1) is 8.65. The molecular formula is C12H10N2O3S. The molecule has 18 heavy (non-hydrogen) atoms. The molecule has 0 radical (unpaired) electrons. The molecule has 0 saturated carbocycles. The predicted molar refractivity (Wildman–Crippen MR) is 68.5 cm³/mol. The van der Waals surface area contributed by atoms with Gasteiger partial charge < -0.3 is 15.2 Å². The lowest BCUT2D eigenvalue weighted by atomic mass is 9.89. The fourth-order valence-corrected chi connectivity index (χ4v) is 2.51. The number of nitrogens with zero attached hydrogens (tertiary/aromatic N) is 1. The molecule has 1 saturated heterocycles. The molecule has 5 nitrogen and oxygen atoms in total. The predicted octanol–water partition coefficient (Wildman–Crippen LogP) is 0.935. The number of benzene rings is 1. The quantitative estimate of drug-likeness (QED) is 0.582. The molecule has 2 aliphatic heterocycles. The molecule has 3 rings (SSSR count). The summed E-state index contributed by atoms with van der Waals surface area (Å²) in [5.74, 6) is -0.619. The summed E-state index contributed by atoms with van der Waals surface area (Å²) >= 11 is 5.05. The van der Waals surface area contributed by atoms with Crippen LogP contribution in [0.15, 0.2) is 29.3 Å². The lowest BCUT2D eigenvalue weighted by Gasteiger charge is -2.27. The van der Waals surface area contributed by atoms with Gasteiger partial charge in [-0.25, -0.2) is 4.99 Å². The Kier molecular flexibility index (Phi) is 2.52. The van der Waals surface area contributed by atoms with E-state index in [4.69, 9.17) is 17.0 Å². The lowest BCUT2D eigenvalue weighted by Crippen LogP contribution is -2.41. The Balaban J connectivity index is 2.04. The summed E-state index contributed by atoms with van der Waals surface area (Å²) in [5.41, 5.74) is 1.44. The lowest BCUT2D eigenvalue weighted by molar-refractivity contribution is -0.141. The third-order valence-corrected chi connectivity index (χ3v) is 3.27.